The number of aliphatic imine (C=N–C) groups is 1. The zero-order valence-corrected chi connectivity index (χ0v) is 17.1. The van der Waals surface area contributed by atoms with Gasteiger partial charge in [-0.1, -0.05) is 29.8 Å². The van der Waals surface area contributed by atoms with Crippen molar-refractivity contribution in [2.45, 2.75) is 20.0 Å². The van der Waals surface area contributed by atoms with Crippen molar-refractivity contribution >= 4 is 47.2 Å². The molecule has 2 aromatic carbocycles. The van der Waals surface area contributed by atoms with E-state index >= 15 is 0 Å². The molecule has 0 amide bonds. The Kier molecular flexibility index (Phi) is 8.52. The van der Waals surface area contributed by atoms with Crippen molar-refractivity contribution in [2.75, 3.05) is 19.0 Å². The maximum atomic E-state index is 6.02. The van der Waals surface area contributed by atoms with E-state index in [1.165, 1.54) is 11.1 Å². The van der Waals surface area contributed by atoms with Crippen LogP contribution in [0.25, 0.3) is 0 Å². The zero-order chi connectivity index (χ0) is 16.8. The quantitative estimate of drug-likeness (QED) is 0.387. The smallest absolute Gasteiger partial charge is 0.193 e. The van der Waals surface area contributed by atoms with E-state index in [1.807, 2.05) is 50.2 Å². The Balaban J connectivity index is 0.00000288. The van der Waals surface area contributed by atoms with E-state index in [4.69, 9.17) is 22.1 Å². The molecule has 0 heterocycles. The van der Waals surface area contributed by atoms with Gasteiger partial charge in [0.25, 0.3) is 0 Å². The summed E-state index contributed by atoms with van der Waals surface area (Å²) in [5.74, 6) is 0.360. The van der Waals surface area contributed by atoms with E-state index in [0.29, 0.717) is 17.5 Å². The second-order valence-corrected chi connectivity index (χ2v) is 5.94. The standard InChI is InChI=1S/C18H22ClN3O.HI/c1-12-7-13(2)9-16(8-12)22-18(20)21-11-17(23-3)14-5-4-6-15(19)10-14;/h4-10,17H,11H2,1-3H3,(H3,20,21,22);1H. The molecule has 0 saturated carbocycles. The Morgan fingerprint density at radius 1 is 1.21 bits per heavy atom. The van der Waals surface area contributed by atoms with E-state index in [9.17, 15) is 0 Å². The van der Waals surface area contributed by atoms with E-state index in [0.717, 1.165) is 11.3 Å². The summed E-state index contributed by atoms with van der Waals surface area (Å²) in [7, 11) is 1.65. The Morgan fingerprint density at radius 3 is 2.46 bits per heavy atom. The van der Waals surface area contributed by atoms with Crippen LogP contribution in [-0.4, -0.2) is 19.6 Å². The molecule has 0 fully saturated rings. The van der Waals surface area contributed by atoms with Crippen LogP contribution in [0.3, 0.4) is 0 Å². The number of anilines is 1. The van der Waals surface area contributed by atoms with E-state index < -0.39 is 0 Å². The molecule has 0 radical (unpaired) electrons. The normalized spacial score (nSPS) is 12.4. The molecular weight excluding hydrogens is 437 g/mol. The summed E-state index contributed by atoms with van der Waals surface area (Å²) in [6.45, 7) is 4.51. The summed E-state index contributed by atoms with van der Waals surface area (Å²) in [5.41, 5.74) is 10.2. The van der Waals surface area contributed by atoms with E-state index in [1.54, 1.807) is 7.11 Å². The van der Waals surface area contributed by atoms with Gasteiger partial charge in [-0.25, -0.2) is 0 Å². The summed E-state index contributed by atoms with van der Waals surface area (Å²) >= 11 is 6.02. The number of aryl methyl sites for hydroxylation is 2. The lowest BCUT2D eigenvalue weighted by molar-refractivity contribution is 0.111. The molecule has 0 bridgehead atoms. The fourth-order valence-electron chi connectivity index (χ4n) is 2.44. The minimum atomic E-state index is -0.187. The van der Waals surface area contributed by atoms with Gasteiger partial charge in [0, 0.05) is 17.8 Å². The lowest BCUT2D eigenvalue weighted by Gasteiger charge is -2.14. The Hall–Kier alpha value is -1.31. The van der Waals surface area contributed by atoms with Gasteiger partial charge in [-0.15, -0.1) is 24.0 Å². The SMILES string of the molecule is COC(CN=C(N)Nc1cc(C)cc(C)c1)c1cccc(Cl)c1.I. The van der Waals surface area contributed by atoms with Gasteiger partial charge in [0.2, 0.25) is 0 Å². The molecule has 0 saturated heterocycles. The van der Waals surface area contributed by atoms with Crippen LogP contribution >= 0.6 is 35.6 Å². The number of rotatable bonds is 5. The van der Waals surface area contributed by atoms with Gasteiger partial charge >= 0.3 is 0 Å². The third-order valence-corrected chi connectivity index (χ3v) is 3.66. The Morgan fingerprint density at radius 2 is 1.88 bits per heavy atom. The molecular formula is C18H23ClIN3O. The molecule has 6 heteroatoms. The van der Waals surface area contributed by atoms with Gasteiger partial charge < -0.3 is 15.8 Å². The fraction of sp³-hybridized carbons (Fsp3) is 0.278. The summed E-state index contributed by atoms with van der Waals surface area (Å²) in [5, 5.41) is 3.79. The molecule has 2 aromatic rings. The molecule has 4 nitrogen and oxygen atoms in total. The van der Waals surface area contributed by atoms with Crippen LogP contribution in [0.4, 0.5) is 5.69 Å². The molecule has 0 aromatic heterocycles. The average Bonchev–Trinajstić information content (AvgIpc) is 2.46. The van der Waals surface area contributed by atoms with Gasteiger partial charge in [-0.3, -0.25) is 4.99 Å². The molecule has 0 aliphatic heterocycles. The predicted molar refractivity (Wildman–Crippen MR) is 113 cm³/mol. The monoisotopic (exact) mass is 459 g/mol. The van der Waals surface area contributed by atoms with Crippen LogP contribution in [0.2, 0.25) is 5.02 Å². The van der Waals surface area contributed by atoms with Crippen molar-refractivity contribution in [3.8, 4) is 0 Å². The van der Waals surface area contributed by atoms with Gasteiger partial charge in [0.1, 0.15) is 6.10 Å². The maximum Gasteiger partial charge on any atom is 0.193 e. The first-order chi connectivity index (χ1) is 11.0. The number of methoxy groups -OCH3 is 1. The zero-order valence-electron chi connectivity index (χ0n) is 14.0. The molecule has 130 valence electrons. The highest BCUT2D eigenvalue weighted by Crippen LogP contribution is 2.20. The second kappa shape index (κ2) is 9.86. The number of benzene rings is 2. The molecule has 0 aliphatic carbocycles. The van der Waals surface area contributed by atoms with Crippen LogP contribution in [0.5, 0.6) is 0 Å². The average molecular weight is 460 g/mol. The molecule has 0 spiro atoms. The molecule has 2 rings (SSSR count). The Bertz CT molecular complexity index is 686. The number of halogens is 2. The highest BCUT2D eigenvalue weighted by atomic mass is 127. The molecule has 1 atom stereocenters. The first-order valence-electron chi connectivity index (χ1n) is 7.41. The molecule has 24 heavy (non-hydrogen) atoms. The second-order valence-electron chi connectivity index (χ2n) is 5.51. The summed E-state index contributed by atoms with van der Waals surface area (Å²) < 4.78 is 5.48. The third-order valence-electron chi connectivity index (χ3n) is 3.43. The van der Waals surface area contributed by atoms with Crippen LogP contribution in [0, 0.1) is 13.8 Å². The first-order valence-corrected chi connectivity index (χ1v) is 7.79. The minimum Gasteiger partial charge on any atom is -0.375 e. The number of hydrogen-bond donors (Lipinski definition) is 2. The predicted octanol–water partition coefficient (Wildman–Crippen LogP) is 4.69. The van der Waals surface area contributed by atoms with Crippen molar-refractivity contribution in [1.82, 2.24) is 0 Å². The lowest BCUT2D eigenvalue weighted by Crippen LogP contribution is -2.24. The van der Waals surface area contributed by atoms with Gasteiger partial charge in [0.15, 0.2) is 5.96 Å². The number of nitrogens with two attached hydrogens (primary N) is 1. The van der Waals surface area contributed by atoms with Crippen molar-refractivity contribution in [3.05, 3.63) is 64.2 Å². The fourth-order valence-corrected chi connectivity index (χ4v) is 2.64. The van der Waals surface area contributed by atoms with Crippen molar-refractivity contribution in [3.63, 3.8) is 0 Å². The van der Waals surface area contributed by atoms with Gasteiger partial charge in [0.05, 0.1) is 6.54 Å². The topological polar surface area (TPSA) is 59.6 Å². The lowest BCUT2D eigenvalue weighted by atomic mass is 10.1. The highest BCUT2D eigenvalue weighted by Gasteiger charge is 2.10. The largest absolute Gasteiger partial charge is 0.375 e. The number of guanidine groups is 1. The maximum absolute atomic E-state index is 6.02. The van der Waals surface area contributed by atoms with Gasteiger partial charge in [-0.2, -0.15) is 0 Å². The molecule has 1 unspecified atom stereocenters. The Labute approximate surface area is 165 Å². The summed E-state index contributed by atoms with van der Waals surface area (Å²) in [6.07, 6.45) is -0.187. The number of ether oxygens (including phenoxy) is 1. The van der Waals surface area contributed by atoms with E-state index in [-0.39, 0.29) is 30.1 Å². The van der Waals surface area contributed by atoms with Crippen molar-refractivity contribution in [2.24, 2.45) is 10.7 Å². The van der Waals surface area contributed by atoms with Gasteiger partial charge in [-0.05, 0) is 54.8 Å². The third kappa shape index (κ3) is 6.30. The number of hydrogen-bond acceptors (Lipinski definition) is 2. The summed E-state index contributed by atoms with van der Waals surface area (Å²) in [4.78, 5) is 4.37. The number of nitrogens with zero attached hydrogens (tertiary/aromatic N) is 1. The van der Waals surface area contributed by atoms with E-state index in [2.05, 4.69) is 16.4 Å². The van der Waals surface area contributed by atoms with Crippen LogP contribution < -0.4 is 11.1 Å². The van der Waals surface area contributed by atoms with Crippen molar-refractivity contribution in [1.29, 1.82) is 0 Å². The van der Waals surface area contributed by atoms with Crippen molar-refractivity contribution < 1.29 is 4.74 Å². The van der Waals surface area contributed by atoms with Crippen LogP contribution in [0.1, 0.15) is 22.8 Å². The highest BCUT2D eigenvalue weighted by molar-refractivity contribution is 14.0. The minimum absolute atomic E-state index is 0. The summed E-state index contributed by atoms with van der Waals surface area (Å²) in [6, 6.07) is 13.7. The first kappa shape index (κ1) is 20.7. The molecule has 0 aliphatic rings. The number of nitrogens with one attached hydrogen (secondary N) is 1. The van der Waals surface area contributed by atoms with Crippen LogP contribution in [-0.2, 0) is 4.74 Å². The molecule has 3 N–H and O–H groups in total. The van der Waals surface area contributed by atoms with Crippen LogP contribution in [0.15, 0.2) is 47.5 Å².